The maximum Gasteiger partial charge on any atom is 0.261 e. The number of nitrogens with zero attached hydrogens (tertiary/aromatic N) is 1. The second-order valence-corrected chi connectivity index (χ2v) is 4.88. The van der Waals surface area contributed by atoms with Crippen molar-refractivity contribution >= 4 is 34.4 Å². The van der Waals surface area contributed by atoms with Gasteiger partial charge in [0.15, 0.2) is 5.17 Å². The third kappa shape index (κ3) is 2.52. The van der Waals surface area contributed by atoms with Gasteiger partial charge in [-0.25, -0.2) is 0 Å². The van der Waals surface area contributed by atoms with Crippen molar-refractivity contribution in [3.8, 4) is 0 Å². The minimum Gasteiger partial charge on any atom is -0.378 e. The number of hydrogen-bond donors (Lipinski definition) is 1. The molecule has 5 heteroatoms. The highest BCUT2D eigenvalue weighted by atomic mass is 35.5. The van der Waals surface area contributed by atoms with E-state index in [0.29, 0.717) is 16.6 Å². The molecule has 1 aliphatic heterocycles. The van der Waals surface area contributed by atoms with Crippen LogP contribution in [0.25, 0.3) is 0 Å². The van der Waals surface area contributed by atoms with E-state index in [-0.39, 0.29) is 11.2 Å². The molecule has 1 atom stereocenters. The van der Waals surface area contributed by atoms with Crippen molar-refractivity contribution in [2.75, 3.05) is 0 Å². The van der Waals surface area contributed by atoms with E-state index in [1.807, 2.05) is 24.3 Å². The molecule has 0 bridgehead atoms. The molecule has 0 spiro atoms. The molecule has 0 aromatic heterocycles. The summed E-state index contributed by atoms with van der Waals surface area (Å²) >= 11 is 7.08. The average Bonchev–Trinajstić information content (AvgIpc) is 2.49. The Morgan fingerprint density at radius 2 is 2.07 bits per heavy atom. The fraction of sp³-hybridized carbons (Fsp3) is 0.200. The van der Waals surface area contributed by atoms with E-state index >= 15 is 0 Å². The monoisotopic (exact) mass is 240 g/mol. The largest absolute Gasteiger partial charge is 0.378 e. The average molecular weight is 241 g/mol. The lowest BCUT2D eigenvalue weighted by molar-refractivity contribution is -0.117. The van der Waals surface area contributed by atoms with Gasteiger partial charge in [0.05, 0.1) is 5.25 Å². The number of hydrogen-bond acceptors (Lipinski definition) is 3. The third-order valence-corrected chi connectivity index (χ3v) is 3.33. The lowest BCUT2D eigenvalue weighted by Gasteiger charge is -2.05. The summed E-state index contributed by atoms with van der Waals surface area (Å²) in [5, 5.41) is 0.880. The van der Waals surface area contributed by atoms with E-state index in [1.165, 1.54) is 11.8 Å². The Morgan fingerprint density at radius 1 is 1.40 bits per heavy atom. The number of amidine groups is 1. The van der Waals surface area contributed by atoms with Crippen molar-refractivity contribution in [1.29, 1.82) is 0 Å². The van der Waals surface area contributed by atoms with E-state index in [4.69, 9.17) is 17.3 Å². The van der Waals surface area contributed by atoms with Crippen LogP contribution in [0.2, 0.25) is 5.02 Å². The molecule has 78 valence electrons. The number of carbonyl (C=O) groups excluding carboxylic acids is 1. The van der Waals surface area contributed by atoms with Crippen molar-refractivity contribution in [2.45, 2.75) is 11.7 Å². The molecule has 2 rings (SSSR count). The van der Waals surface area contributed by atoms with Crippen LogP contribution in [-0.2, 0) is 11.2 Å². The number of rotatable bonds is 2. The second kappa shape index (κ2) is 4.24. The molecular formula is C10H9ClN2OS. The zero-order valence-electron chi connectivity index (χ0n) is 7.81. The van der Waals surface area contributed by atoms with E-state index in [0.717, 1.165) is 5.56 Å². The third-order valence-electron chi connectivity index (χ3n) is 2.09. The summed E-state index contributed by atoms with van der Waals surface area (Å²) in [6.07, 6.45) is 0.644. The maximum atomic E-state index is 11.3. The topological polar surface area (TPSA) is 55.4 Å². The minimum absolute atomic E-state index is 0.146. The van der Waals surface area contributed by atoms with Crippen LogP contribution in [0, 0.1) is 0 Å². The van der Waals surface area contributed by atoms with Crippen molar-refractivity contribution < 1.29 is 4.79 Å². The van der Waals surface area contributed by atoms with Gasteiger partial charge >= 0.3 is 0 Å². The normalized spacial score (nSPS) is 20.5. The molecule has 3 nitrogen and oxygen atoms in total. The lowest BCUT2D eigenvalue weighted by atomic mass is 10.1. The smallest absolute Gasteiger partial charge is 0.261 e. The van der Waals surface area contributed by atoms with Crippen LogP contribution in [-0.4, -0.2) is 16.3 Å². The number of thioether (sulfide) groups is 1. The Morgan fingerprint density at radius 3 is 2.60 bits per heavy atom. The molecule has 1 heterocycles. The Labute approximate surface area is 96.7 Å². The first-order valence-electron chi connectivity index (χ1n) is 4.44. The zero-order valence-corrected chi connectivity index (χ0v) is 9.39. The Balaban J connectivity index is 2.04. The molecule has 0 saturated heterocycles. The molecule has 2 N–H and O–H groups in total. The van der Waals surface area contributed by atoms with Crippen molar-refractivity contribution in [1.82, 2.24) is 0 Å². The maximum absolute atomic E-state index is 11.3. The summed E-state index contributed by atoms with van der Waals surface area (Å²) < 4.78 is 0. The van der Waals surface area contributed by atoms with Gasteiger partial charge in [-0.2, -0.15) is 4.99 Å². The van der Waals surface area contributed by atoms with Gasteiger partial charge in [-0.05, 0) is 24.1 Å². The number of benzene rings is 1. The predicted octanol–water partition coefficient (Wildman–Crippen LogP) is 1.84. The summed E-state index contributed by atoms with van der Waals surface area (Å²) in [7, 11) is 0. The first-order chi connectivity index (χ1) is 7.15. The fourth-order valence-corrected chi connectivity index (χ4v) is 2.36. The van der Waals surface area contributed by atoms with E-state index in [9.17, 15) is 4.79 Å². The minimum atomic E-state index is -0.175. The fourth-order valence-electron chi connectivity index (χ4n) is 1.37. The Kier molecular flexibility index (Phi) is 2.98. The summed E-state index contributed by atoms with van der Waals surface area (Å²) in [5.41, 5.74) is 6.53. The Bertz CT molecular complexity index is 416. The van der Waals surface area contributed by atoms with Crippen LogP contribution in [0.3, 0.4) is 0 Å². The second-order valence-electron chi connectivity index (χ2n) is 3.23. The molecule has 1 aromatic carbocycles. The van der Waals surface area contributed by atoms with Gasteiger partial charge in [0, 0.05) is 5.02 Å². The van der Waals surface area contributed by atoms with Gasteiger partial charge in [0.2, 0.25) is 0 Å². The predicted molar refractivity (Wildman–Crippen MR) is 63.2 cm³/mol. The number of halogens is 1. The standard InChI is InChI=1S/C10H9ClN2OS/c11-7-3-1-6(2-4-7)5-8-9(14)13-10(12)15-8/h1-4,8H,5H2,(H2,12,13,14)/t8-/m0/s1. The number of aliphatic imine (C=N–C) groups is 1. The molecule has 1 aliphatic rings. The summed E-state index contributed by atoms with van der Waals surface area (Å²) in [6.45, 7) is 0. The van der Waals surface area contributed by atoms with Crippen LogP contribution in [0.15, 0.2) is 29.3 Å². The number of amides is 1. The highest BCUT2D eigenvalue weighted by molar-refractivity contribution is 8.15. The van der Waals surface area contributed by atoms with Gasteiger partial charge in [-0.1, -0.05) is 35.5 Å². The highest BCUT2D eigenvalue weighted by Gasteiger charge is 2.26. The first kappa shape index (κ1) is 10.5. The summed E-state index contributed by atoms with van der Waals surface area (Å²) in [6, 6.07) is 7.44. The van der Waals surface area contributed by atoms with Crippen LogP contribution in [0.5, 0.6) is 0 Å². The van der Waals surface area contributed by atoms with E-state index in [2.05, 4.69) is 4.99 Å². The number of nitrogens with two attached hydrogens (primary N) is 1. The molecule has 15 heavy (non-hydrogen) atoms. The molecule has 0 fully saturated rings. The van der Waals surface area contributed by atoms with E-state index < -0.39 is 0 Å². The van der Waals surface area contributed by atoms with Crippen LogP contribution >= 0.6 is 23.4 Å². The summed E-state index contributed by atoms with van der Waals surface area (Å²) in [4.78, 5) is 15.0. The Hall–Kier alpha value is -1.000. The molecule has 0 saturated carbocycles. The molecule has 1 aromatic rings. The lowest BCUT2D eigenvalue weighted by Crippen LogP contribution is -2.14. The van der Waals surface area contributed by atoms with Crippen LogP contribution in [0.1, 0.15) is 5.56 Å². The zero-order chi connectivity index (χ0) is 10.8. The van der Waals surface area contributed by atoms with Gasteiger partial charge in [-0.15, -0.1) is 0 Å². The number of carbonyl (C=O) groups is 1. The SMILES string of the molecule is NC1=NC(=O)[C@H](Cc2ccc(Cl)cc2)S1. The molecule has 1 amide bonds. The van der Waals surface area contributed by atoms with Gasteiger partial charge < -0.3 is 5.73 Å². The molecule has 0 aliphatic carbocycles. The van der Waals surface area contributed by atoms with Crippen molar-refractivity contribution in [3.05, 3.63) is 34.9 Å². The van der Waals surface area contributed by atoms with Gasteiger partial charge in [0.1, 0.15) is 0 Å². The molecule has 0 unspecified atom stereocenters. The quantitative estimate of drug-likeness (QED) is 0.858. The van der Waals surface area contributed by atoms with Gasteiger partial charge in [0.25, 0.3) is 5.91 Å². The van der Waals surface area contributed by atoms with Crippen molar-refractivity contribution in [2.24, 2.45) is 10.7 Å². The highest BCUT2D eigenvalue weighted by Crippen LogP contribution is 2.24. The van der Waals surface area contributed by atoms with E-state index in [1.54, 1.807) is 0 Å². The molecule has 0 radical (unpaired) electrons. The van der Waals surface area contributed by atoms with Crippen LogP contribution < -0.4 is 5.73 Å². The molecular weight excluding hydrogens is 232 g/mol. The van der Waals surface area contributed by atoms with Crippen LogP contribution in [0.4, 0.5) is 0 Å². The van der Waals surface area contributed by atoms with Crippen molar-refractivity contribution in [3.63, 3.8) is 0 Å². The van der Waals surface area contributed by atoms with Gasteiger partial charge in [-0.3, -0.25) is 4.79 Å². The summed E-state index contributed by atoms with van der Waals surface area (Å²) in [5.74, 6) is -0.146. The first-order valence-corrected chi connectivity index (χ1v) is 5.70.